The Morgan fingerprint density at radius 2 is 1.70 bits per heavy atom. The molecule has 0 radical (unpaired) electrons. The van der Waals surface area contributed by atoms with E-state index in [-0.39, 0.29) is 5.43 Å². The first kappa shape index (κ1) is 22.4. The molecule has 0 atom stereocenters. The van der Waals surface area contributed by atoms with Crippen LogP contribution in [0.2, 0.25) is 0 Å². The van der Waals surface area contributed by atoms with Crippen LogP contribution in [0, 0.1) is 6.92 Å². The highest BCUT2D eigenvalue weighted by Gasteiger charge is 2.19. The van der Waals surface area contributed by atoms with E-state index in [4.69, 9.17) is 4.74 Å². The summed E-state index contributed by atoms with van der Waals surface area (Å²) in [6.07, 6.45) is 2.02. The van der Waals surface area contributed by atoms with Crippen LogP contribution in [0.4, 0.5) is 5.69 Å². The van der Waals surface area contributed by atoms with Crippen LogP contribution >= 0.6 is 0 Å². The molecule has 0 amide bonds. The molecule has 1 aliphatic heterocycles. The van der Waals surface area contributed by atoms with Gasteiger partial charge in [0.05, 0.1) is 6.61 Å². The number of anilines is 1. The van der Waals surface area contributed by atoms with E-state index in [1.165, 1.54) is 11.3 Å². The average Bonchev–Trinajstić information content (AvgIpc) is 2.89. The zero-order valence-electron chi connectivity index (χ0n) is 19.0. The summed E-state index contributed by atoms with van der Waals surface area (Å²) in [5.41, 5.74) is 4.59. The number of nitrogens with zero attached hydrogens (tertiary/aromatic N) is 2. The van der Waals surface area contributed by atoms with Gasteiger partial charge >= 0.3 is 0 Å². The molecule has 2 aromatic carbocycles. The van der Waals surface area contributed by atoms with Gasteiger partial charge in [-0.3, -0.25) is 9.69 Å². The van der Waals surface area contributed by atoms with Crippen molar-refractivity contribution < 1.29 is 4.74 Å². The van der Waals surface area contributed by atoms with Crippen molar-refractivity contribution in [3.05, 3.63) is 69.4 Å². The summed E-state index contributed by atoms with van der Waals surface area (Å²) in [6, 6.07) is 14.8. The minimum Gasteiger partial charge on any atom is -0.489 e. The zero-order valence-corrected chi connectivity index (χ0v) is 19.0. The number of ether oxygens (including phenoxy) is 1. The number of unbranched alkanes of at least 4 members (excludes halogenated alkanes) is 1. The van der Waals surface area contributed by atoms with Gasteiger partial charge in [0.15, 0.2) is 5.75 Å². The van der Waals surface area contributed by atoms with Gasteiger partial charge in [0, 0.05) is 44.0 Å². The van der Waals surface area contributed by atoms with E-state index in [9.17, 15) is 4.79 Å². The summed E-state index contributed by atoms with van der Waals surface area (Å²) < 4.78 is 5.90. The van der Waals surface area contributed by atoms with Crippen LogP contribution in [0.15, 0.2) is 47.3 Å². The molecule has 0 aromatic heterocycles. The van der Waals surface area contributed by atoms with Crippen LogP contribution in [0.5, 0.6) is 5.75 Å². The van der Waals surface area contributed by atoms with Gasteiger partial charge in [0.2, 0.25) is 5.43 Å². The molecule has 0 aliphatic carbocycles. The summed E-state index contributed by atoms with van der Waals surface area (Å²) >= 11 is 0. The molecule has 0 unspecified atom stereocenters. The highest BCUT2D eigenvalue weighted by atomic mass is 16.5. The Bertz CT molecular complexity index is 869. The minimum atomic E-state index is 0.0407. The Labute approximate surface area is 181 Å². The summed E-state index contributed by atoms with van der Waals surface area (Å²) in [7, 11) is 0. The van der Waals surface area contributed by atoms with Crippen molar-refractivity contribution in [2.24, 2.45) is 0 Å². The van der Waals surface area contributed by atoms with Crippen LogP contribution in [-0.4, -0.2) is 37.7 Å². The second-order valence-electron chi connectivity index (χ2n) is 8.65. The van der Waals surface area contributed by atoms with Crippen molar-refractivity contribution in [1.29, 1.82) is 0 Å². The summed E-state index contributed by atoms with van der Waals surface area (Å²) in [4.78, 5) is 18.0. The molecule has 30 heavy (non-hydrogen) atoms. The molecule has 1 aliphatic rings. The first-order valence-electron chi connectivity index (χ1n) is 11.3. The summed E-state index contributed by atoms with van der Waals surface area (Å²) in [5.74, 6) is 0.863. The average molecular weight is 409 g/mol. The van der Waals surface area contributed by atoms with Gasteiger partial charge in [0.1, 0.15) is 0 Å². The van der Waals surface area contributed by atoms with Crippen molar-refractivity contribution in [3.63, 3.8) is 0 Å². The Morgan fingerprint density at radius 1 is 1.00 bits per heavy atom. The number of hydrogen-bond acceptors (Lipinski definition) is 4. The van der Waals surface area contributed by atoms with Crippen LogP contribution in [0.1, 0.15) is 56.2 Å². The Morgan fingerprint density at radius 3 is 2.33 bits per heavy atom. The van der Waals surface area contributed by atoms with Crippen LogP contribution < -0.4 is 15.1 Å². The molecule has 162 valence electrons. The number of benzene rings is 1. The van der Waals surface area contributed by atoms with Gasteiger partial charge in [-0.15, -0.1) is 0 Å². The minimum absolute atomic E-state index is 0.0407. The van der Waals surface area contributed by atoms with Crippen molar-refractivity contribution in [2.45, 2.75) is 53.0 Å². The fourth-order valence-corrected chi connectivity index (χ4v) is 3.77. The second-order valence-corrected chi connectivity index (χ2v) is 8.65. The van der Waals surface area contributed by atoms with Gasteiger partial charge in [0.25, 0.3) is 0 Å². The predicted octanol–water partition coefficient (Wildman–Crippen LogP) is 4.98. The maximum atomic E-state index is 13.2. The molecule has 4 nitrogen and oxygen atoms in total. The lowest BCUT2D eigenvalue weighted by molar-refractivity contribution is 0.248. The molecule has 4 heteroatoms. The largest absolute Gasteiger partial charge is 0.489 e. The number of aryl methyl sites for hydroxylation is 1. The Balaban J connectivity index is 1.71. The highest BCUT2D eigenvalue weighted by molar-refractivity contribution is 5.48. The monoisotopic (exact) mass is 408 g/mol. The van der Waals surface area contributed by atoms with Gasteiger partial charge in [-0.25, -0.2) is 0 Å². The van der Waals surface area contributed by atoms with Gasteiger partial charge in [-0.2, -0.15) is 0 Å². The normalized spacial score (nSPS) is 14.9. The molecule has 1 saturated heterocycles. The number of hydrogen-bond donors (Lipinski definition) is 0. The molecule has 0 spiro atoms. The molecule has 1 fully saturated rings. The van der Waals surface area contributed by atoms with Crippen LogP contribution in [0.3, 0.4) is 0 Å². The van der Waals surface area contributed by atoms with Crippen LogP contribution in [0.25, 0.3) is 0 Å². The predicted molar refractivity (Wildman–Crippen MR) is 126 cm³/mol. The fraction of sp³-hybridized carbons (Fsp3) is 0.500. The first-order valence-corrected chi connectivity index (χ1v) is 11.3. The van der Waals surface area contributed by atoms with Crippen molar-refractivity contribution >= 4 is 5.69 Å². The SMILES string of the molecule is CCCCOc1cc(C(C)C)ccc(CN2CCN(c3ccc(C)cc3)CC2)c1=O. The van der Waals surface area contributed by atoms with Gasteiger partial charge in [-0.1, -0.05) is 57.0 Å². The lowest BCUT2D eigenvalue weighted by atomic mass is 10.1. The molecule has 0 N–H and O–H groups in total. The van der Waals surface area contributed by atoms with Crippen molar-refractivity contribution in [1.82, 2.24) is 4.90 Å². The van der Waals surface area contributed by atoms with E-state index in [1.54, 1.807) is 0 Å². The molecule has 1 heterocycles. The highest BCUT2D eigenvalue weighted by Crippen LogP contribution is 2.20. The van der Waals surface area contributed by atoms with E-state index in [0.717, 1.165) is 50.1 Å². The van der Waals surface area contributed by atoms with E-state index in [2.05, 4.69) is 67.8 Å². The van der Waals surface area contributed by atoms with Gasteiger partial charge < -0.3 is 9.64 Å². The Hall–Kier alpha value is -2.33. The van der Waals surface area contributed by atoms with E-state index in [0.29, 0.717) is 24.8 Å². The second kappa shape index (κ2) is 10.6. The van der Waals surface area contributed by atoms with Crippen molar-refractivity contribution in [2.75, 3.05) is 37.7 Å². The third-order valence-electron chi connectivity index (χ3n) is 5.88. The molecule has 0 bridgehead atoms. The zero-order chi connectivity index (χ0) is 21.5. The lowest BCUT2D eigenvalue weighted by Gasteiger charge is -2.36. The molecule has 2 aromatic rings. The van der Waals surface area contributed by atoms with E-state index < -0.39 is 0 Å². The maximum Gasteiger partial charge on any atom is 0.224 e. The quantitative estimate of drug-likeness (QED) is 0.577. The first-order chi connectivity index (χ1) is 14.5. The third-order valence-corrected chi connectivity index (χ3v) is 5.88. The molecular weight excluding hydrogens is 372 g/mol. The standard InChI is InChI=1S/C26H36N2O2/c1-5-6-17-30-25-18-22(20(2)3)9-10-23(26(25)29)19-27-13-15-28(16-14-27)24-11-7-21(4)8-12-24/h7-12,18,20H,5-6,13-17,19H2,1-4H3. The third kappa shape index (κ3) is 5.85. The van der Waals surface area contributed by atoms with Gasteiger partial charge in [-0.05, 0) is 43.0 Å². The molecule has 3 rings (SSSR count). The van der Waals surface area contributed by atoms with E-state index in [1.807, 2.05) is 12.1 Å². The fourth-order valence-electron chi connectivity index (χ4n) is 3.77. The lowest BCUT2D eigenvalue weighted by Crippen LogP contribution is -2.46. The Kier molecular flexibility index (Phi) is 7.92. The number of piperazine rings is 1. The summed E-state index contributed by atoms with van der Waals surface area (Å²) in [6.45, 7) is 13.7. The number of rotatable bonds is 8. The molecular formula is C26H36N2O2. The van der Waals surface area contributed by atoms with Crippen LogP contribution in [-0.2, 0) is 6.54 Å². The van der Waals surface area contributed by atoms with E-state index >= 15 is 0 Å². The molecule has 0 saturated carbocycles. The smallest absolute Gasteiger partial charge is 0.224 e. The van der Waals surface area contributed by atoms with Crippen molar-refractivity contribution in [3.8, 4) is 5.75 Å². The summed E-state index contributed by atoms with van der Waals surface area (Å²) in [5, 5.41) is 0. The maximum absolute atomic E-state index is 13.2. The topological polar surface area (TPSA) is 32.8 Å².